The average Bonchev–Trinajstić information content (AvgIpc) is 2.80. The zero-order valence-corrected chi connectivity index (χ0v) is 10.9. The smallest absolute Gasteiger partial charge is 0.141 e. The Morgan fingerprint density at radius 2 is 2.11 bits per heavy atom. The molecule has 0 radical (unpaired) electrons. The van der Waals surface area contributed by atoms with Crippen molar-refractivity contribution in [3.8, 4) is 11.4 Å². The molecule has 0 bridgehead atoms. The van der Waals surface area contributed by atoms with Crippen LogP contribution in [0.15, 0.2) is 30.6 Å². The molecule has 0 aliphatic heterocycles. The molecular formula is C12H12Cl2N2O2. The summed E-state index contributed by atoms with van der Waals surface area (Å²) in [5.74, 6) is 0.606. The van der Waals surface area contributed by atoms with Crippen LogP contribution < -0.4 is 0 Å². The van der Waals surface area contributed by atoms with Gasteiger partial charge < -0.3 is 14.8 Å². The number of hydrogen-bond donors (Lipinski definition) is 2. The number of aliphatic hydroxyl groups is 2. The van der Waals surface area contributed by atoms with Gasteiger partial charge in [-0.15, -0.1) is 0 Å². The van der Waals surface area contributed by atoms with Crippen molar-refractivity contribution in [1.29, 1.82) is 0 Å². The first-order valence-corrected chi connectivity index (χ1v) is 6.13. The molecule has 6 heteroatoms. The lowest BCUT2D eigenvalue weighted by molar-refractivity contribution is 0.0816. The molecule has 96 valence electrons. The van der Waals surface area contributed by atoms with E-state index in [4.69, 9.17) is 28.3 Å². The highest BCUT2D eigenvalue weighted by Crippen LogP contribution is 2.32. The van der Waals surface area contributed by atoms with E-state index in [1.165, 1.54) is 0 Å². The Morgan fingerprint density at radius 3 is 2.83 bits per heavy atom. The summed E-state index contributed by atoms with van der Waals surface area (Å²) in [6.07, 6.45) is 2.48. The SMILES string of the molecule is OCC(O)Cn1ccnc1-c1cccc(Cl)c1Cl. The minimum absolute atomic E-state index is 0.245. The highest BCUT2D eigenvalue weighted by atomic mass is 35.5. The molecule has 0 aliphatic carbocycles. The van der Waals surface area contributed by atoms with E-state index < -0.39 is 6.10 Å². The van der Waals surface area contributed by atoms with Crippen molar-refractivity contribution in [2.24, 2.45) is 0 Å². The van der Waals surface area contributed by atoms with E-state index in [1.54, 1.807) is 35.2 Å². The van der Waals surface area contributed by atoms with Gasteiger partial charge in [-0.1, -0.05) is 29.3 Å². The standard InChI is InChI=1S/C12H12Cl2N2O2/c13-10-3-1-2-9(11(10)14)12-15-4-5-16(12)6-8(18)7-17/h1-5,8,17-18H,6-7H2. The average molecular weight is 287 g/mol. The van der Waals surface area contributed by atoms with Crippen LogP contribution in [0.2, 0.25) is 10.0 Å². The number of rotatable bonds is 4. The van der Waals surface area contributed by atoms with Gasteiger partial charge in [0, 0.05) is 18.0 Å². The zero-order chi connectivity index (χ0) is 13.1. The fourth-order valence-electron chi connectivity index (χ4n) is 1.66. The Kier molecular flexibility index (Phi) is 4.24. The number of hydrogen-bond acceptors (Lipinski definition) is 3. The van der Waals surface area contributed by atoms with Gasteiger partial charge >= 0.3 is 0 Å². The number of benzene rings is 1. The van der Waals surface area contributed by atoms with Gasteiger partial charge in [0.1, 0.15) is 5.82 Å². The summed E-state index contributed by atoms with van der Waals surface area (Å²) >= 11 is 12.1. The molecule has 0 amide bonds. The zero-order valence-electron chi connectivity index (χ0n) is 9.42. The van der Waals surface area contributed by atoms with Crippen LogP contribution in [0, 0.1) is 0 Å². The third-order valence-corrected chi connectivity index (χ3v) is 3.35. The lowest BCUT2D eigenvalue weighted by Gasteiger charge is -2.12. The predicted molar refractivity (Wildman–Crippen MR) is 70.8 cm³/mol. The Labute approximate surface area is 114 Å². The quantitative estimate of drug-likeness (QED) is 0.906. The van der Waals surface area contributed by atoms with E-state index in [2.05, 4.69) is 4.98 Å². The molecule has 2 N–H and O–H groups in total. The van der Waals surface area contributed by atoms with Crippen LogP contribution in [0.1, 0.15) is 0 Å². The van der Waals surface area contributed by atoms with Crippen molar-refractivity contribution in [2.45, 2.75) is 12.6 Å². The van der Waals surface area contributed by atoms with Crippen molar-refractivity contribution in [2.75, 3.05) is 6.61 Å². The molecule has 0 spiro atoms. The topological polar surface area (TPSA) is 58.3 Å². The summed E-state index contributed by atoms with van der Waals surface area (Å²) in [7, 11) is 0. The number of aliphatic hydroxyl groups excluding tert-OH is 2. The molecule has 0 saturated heterocycles. The number of imidazole rings is 1. The summed E-state index contributed by atoms with van der Waals surface area (Å²) < 4.78 is 1.72. The summed E-state index contributed by atoms with van der Waals surface area (Å²) in [5, 5.41) is 19.2. The fourth-order valence-corrected chi connectivity index (χ4v) is 2.05. The third-order valence-electron chi connectivity index (χ3n) is 2.53. The Morgan fingerprint density at radius 1 is 1.33 bits per heavy atom. The summed E-state index contributed by atoms with van der Waals surface area (Å²) in [4.78, 5) is 4.20. The van der Waals surface area contributed by atoms with E-state index in [0.717, 1.165) is 0 Å². The molecule has 0 fully saturated rings. The van der Waals surface area contributed by atoms with Crippen LogP contribution in [0.3, 0.4) is 0 Å². The van der Waals surface area contributed by atoms with Gasteiger partial charge in [0.15, 0.2) is 0 Å². The maximum absolute atomic E-state index is 9.47. The maximum Gasteiger partial charge on any atom is 0.141 e. The van der Waals surface area contributed by atoms with Gasteiger partial charge in [-0.25, -0.2) is 4.98 Å². The summed E-state index contributed by atoms with van der Waals surface area (Å²) in [5.41, 5.74) is 0.694. The van der Waals surface area contributed by atoms with Gasteiger partial charge in [0.2, 0.25) is 0 Å². The van der Waals surface area contributed by atoms with Gasteiger partial charge in [-0.3, -0.25) is 0 Å². The maximum atomic E-state index is 9.47. The van der Waals surface area contributed by atoms with E-state index in [9.17, 15) is 5.11 Å². The van der Waals surface area contributed by atoms with E-state index in [1.807, 2.05) is 0 Å². The number of halogens is 2. The predicted octanol–water partition coefficient (Wildman–Crippen LogP) is 2.21. The molecule has 1 aromatic carbocycles. The molecule has 1 unspecified atom stereocenters. The van der Waals surface area contributed by atoms with E-state index in [-0.39, 0.29) is 13.2 Å². The molecule has 0 saturated carbocycles. The Hall–Kier alpha value is -1.07. The highest BCUT2D eigenvalue weighted by Gasteiger charge is 2.13. The van der Waals surface area contributed by atoms with Crippen molar-refractivity contribution in [1.82, 2.24) is 9.55 Å². The summed E-state index contributed by atoms with van der Waals surface area (Å²) in [6, 6.07) is 5.28. The highest BCUT2D eigenvalue weighted by molar-refractivity contribution is 6.43. The lowest BCUT2D eigenvalue weighted by atomic mass is 10.2. The van der Waals surface area contributed by atoms with E-state index >= 15 is 0 Å². The molecule has 0 aliphatic rings. The van der Waals surface area contributed by atoms with Crippen LogP contribution >= 0.6 is 23.2 Å². The Balaban J connectivity index is 2.39. The van der Waals surface area contributed by atoms with Gasteiger partial charge in [-0.2, -0.15) is 0 Å². The second kappa shape index (κ2) is 5.71. The van der Waals surface area contributed by atoms with Crippen molar-refractivity contribution >= 4 is 23.2 Å². The van der Waals surface area contributed by atoms with Gasteiger partial charge in [-0.05, 0) is 12.1 Å². The van der Waals surface area contributed by atoms with Gasteiger partial charge in [0.05, 0.1) is 29.3 Å². The van der Waals surface area contributed by atoms with Crippen LogP contribution in [0.4, 0.5) is 0 Å². The first-order valence-electron chi connectivity index (χ1n) is 5.38. The molecule has 2 aromatic rings. The molecular weight excluding hydrogens is 275 g/mol. The molecule has 1 aromatic heterocycles. The molecule has 1 atom stereocenters. The van der Waals surface area contributed by atoms with E-state index in [0.29, 0.717) is 21.4 Å². The minimum atomic E-state index is -0.837. The van der Waals surface area contributed by atoms with Crippen LogP contribution in [-0.2, 0) is 6.54 Å². The number of aromatic nitrogens is 2. The Bertz CT molecular complexity index is 543. The second-order valence-electron chi connectivity index (χ2n) is 3.84. The molecule has 2 rings (SSSR count). The van der Waals surface area contributed by atoms with Crippen molar-refractivity contribution in [3.05, 3.63) is 40.6 Å². The van der Waals surface area contributed by atoms with Crippen LogP contribution in [0.5, 0.6) is 0 Å². The summed E-state index contributed by atoms with van der Waals surface area (Å²) in [6.45, 7) is -0.0599. The third kappa shape index (κ3) is 2.67. The van der Waals surface area contributed by atoms with Crippen molar-refractivity contribution < 1.29 is 10.2 Å². The largest absolute Gasteiger partial charge is 0.394 e. The van der Waals surface area contributed by atoms with Gasteiger partial charge in [0.25, 0.3) is 0 Å². The van der Waals surface area contributed by atoms with Crippen molar-refractivity contribution in [3.63, 3.8) is 0 Å². The lowest BCUT2D eigenvalue weighted by Crippen LogP contribution is -2.19. The fraction of sp³-hybridized carbons (Fsp3) is 0.250. The van der Waals surface area contributed by atoms with Crippen LogP contribution in [-0.4, -0.2) is 32.5 Å². The molecule has 1 heterocycles. The molecule has 18 heavy (non-hydrogen) atoms. The number of nitrogens with zero attached hydrogens (tertiary/aromatic N) is 2. The first kappa shape index (κ1) is 13.4. The molecule has 4 nitrogen and oxygen atoms in total. The first-order chi connectivity index (χ1) is 8.63. The second-order valence-corrected chi connectivity index (χ2v) is 4.63. The normalized spacial score (nSPS) is 12.7. The minimum Gasteiger partial charge on any atom is -0.394 e. The monoisotopic (exact) mass is 286 g/mol. The van der Waals surface area contributed by atoms with Crippen LogP contribution in [0.25, 0.3) is 11.4 Å².